The van der Waals surface area contributed by atoms with Crippen LogP contribution in [0.2, 0.25) is 0 Å². The predicted octanol–water partition coefficient (Wildman–Crippen LogP) is 1.28. The summed E-state index contributed by atoms with van der Waals surface area (Å²) in [5, 5.41) is 2.29. The van der Waals surface area contributed by atoms with Gasteiger partial charge in [0.15, 0.2) is 0 Å². The molecule has 2 rings (SSSR count). The Labute approximate surface area is 101 Å². The SMILES string of the molecule is CCC(C)(C)CN1C(=O)NC(=O)C2(CC2)C1=O. The van der Waals surface area contributed by atoms with Crippen LogP contribution in [0.1, 0.15) is 40.0 Å². The molecule has 0 atom stereocenters. The van der Waals surface area contributed by atoms with Crippen molar-refractivity contribution in [2.45, 2.75) is 40.0 Å². The molecule has 1 aliphatic carbocycles. The second-order valence-corrected chi connectivity index (χ2v) is 5.75. The second-order valence-electron chi connectivity index (χ2n) is 5.75. The number of carbonyl (C=O) groups excluding carboxylic acids is 3. The molecule has 5 nitrogen and oxygen atoms in total. The lowest BCUT2D eigenvalue weighted by Gasteiger charge is -2.35. The van der Waals surface area contributed by atoms with Crippen LogP contribution in [0.25, 0.3) is 0 Å². The fourth-order valence-electron chi connectivity index (χ4n) is 1.98. The highest BCUT2D eigenvalue weighted by molar-refractivity contribution is 6.20. The summed E-state index contributed by atoms with van der Waals surface area (Å²) >= 11 is 0. The number of urea groups is 1. The maximum atomic E-state index is 12.2. The summed E-state index contributed by atoms with van der Waals surface area (Å²) < 4.78 is 0. The third-order valence-corrected chi connectivity index (χ3v) is 3.85. The Kier molecular flexibility index (Phi) is 2.52. The van der Waals surface area contributed by atoms with Gasteiger partial charge in [0.25, 0.3) is 0 Å². The summed E-state index contributed by atoms with van der Waals surface area (Å²) in [5.74, 6) is -0.731. The molecule has 17 heavy (non-hydrogen) atoms. The molecular formula is C12H18N2O3. The van der Waals surface area contributed by atoms with Crippen LogP contribution in [0, 0.1) is 10.8 Å². The maximum Gasteiger partial charge on any atom is 0.330 e. The number of carbonyl (C=O) groups is 3. The van der Waals surface area contributed by atoms with E-state index in [9.17, 15) is 14.4 Å². The zero-order valence-corrected chi connectivity index (χ0v) is 10.5. The van der Waals surface area contributed by atoms with E-state index in [0.29, 0.717) is 19.4 Å². The molecule has 1 heterocycles. The normalized spacial score (nSPS) is 23.0. The summed E-state index contributed by atoms with van der Waals surface area (Å²) in [4.78, 5) is 36.7. The van der Waals surface area contributed by atoms with Crippen LogP contribution in [-0.4, -0.2) is 29.3 Å². The third kappa shape index (κ3) is 1.83. The summed E-state index contributed by atoms with van der Waals surface area (Å²) in [7, 11) is 0. The third-order valence-electron chi connectivity index (χ3n) is 3.85. The van der Waals surface area contributed by atoms with Crippen molar-refractivity contribution in [1.29, 1.82) is 0 Å². The quantitative estimate of drug-likeness (QED) is 0.753. The van der Waals surface area contributed by atoms with Gasteiger partial charge in [0, 0.05) is 6.54 Å². The molecular weight excluding hydrogens is 220 g/mol. The smallest absolute Gasteiger partial charge is 0.277 e. The molecule has 5 heteroatoms. The lowest BCUT2D eigenvalue weighted by Crippen LogP contribution is -2.60. The summed E-state index contributed by atoms with van der Waals surface area (Å²) in [6.07, 6.45) is 1.99. The Morgan fingerprint density at radius 2 is 1.88 bits per heavy atom. The molecule has 0 aromatic rings. The van der Waals surface area contributed by atoms with Crippen molar-refractivity contribution < 1.29 is 14.4 Å². The van der Waals surface area contributed by atoms with E-state index >= 15 is 0 Å². The summed E-state index contributed by atoms with van der Waals surface area (Å²) in [5.41, 5.74) is -1.04. The predicted molar refractivity (Wildman–Crippen MR) is 61.0 cm³/mol. The number of amides is 4. The van der Waals surface area contributed by atoms with E-state index in [1.165, 1.54) is 4.90 Å². The minimum absolute atomic E-state index is 0.122. The molecule has 1 spiro atoms. The van der Waals surface area contributed by atoms with Gasteiger partial charge in [-0.2, -0.15) is 0 Å². The van der Waals surface area contributed by atoms with E-state index in [1.807, 2.05) is 20.8 Å². The van der Waals surface area contributed by atoms with E-state index in [4.69, 9.17) is 0 Å². The summed E-state index contributed by atoms with van der Waals surface area (Å²) in [6.45, 7) is 6.39. The molecule has 2 fully saturated rings. The van der Waals surface area contributed by atoms with E-state index in [-0.39, 0.29) is 11.3 Å². The summed E-state index contributed by atoms with van der Waals surface area (Å²) in [6, 6.07) is -0.570. The average Bonchev–Trinajstić information content (AvgIpc) is 3.04. The zero-order chi connectivity index (χ0) is 12.8. The molecule has 0 unspecified atom stereocenters. The van der Waals surface area contributed by atoms with E-state index in [0.717, 1.165) is 6.42 Å². The first-order valence-corrected chi connectivity index (χ1v) is 6.00. The van der Waals surface area contributed by atoms with Gasteiger partial charge >= 0.3 is 6.03 Å². The van der Waals surface area contributed by atoms with E-state index in [2.05, 4.69) is 5.32 Å². The van der Waals surface area contributed by atoms with Crippen LogP contribution in [0.5, 0.6) is 0 Å². The molecule has 1 saturated carbocycles. The van der Waals surface area contributed by atoms with Gasteiger partial charge in [-0.1, -0.05) is 20.8 Å². The molecule has 2 aliphatic rings. The van der Waals surface area contributed by atoms with Gasteiger partial charge in [-0.05, 0) is 24.7 Å². The van der Waals surface area contributed by atoms with Crippen LogP contribution >= 0.6 is 0 Å². The van der Waals surface area contributed by atoms with Gasteiger partial charge in [0.1, 0.15) is 5.41 Å². The van der Waals surface area contributed by atoms with Crippen molar-refractivity contribution >= 4 is 17.8 Å². The average molecular weight is 238 g/mol. The van der Waals surface area contributed by atoms with Crippen molar-refractivity contribution in [3.63, 3.8) is 0 Å². The minimum atomic E-state index is -0.919. The van der Waals surface area contributed by atoms with Crippen LogP contribution in [0.4, 0.5) is 4.79 Å². The molecule has 0 aromatic heterocycles. The van der Waals surface area contributed by atoms with Crippen LogP contribution < -0.4 is 5.32 Å². The highest BCUT2D eigenvalue weighted by atomic mass is 16.2. The van der Waals surface area contributed by atoms with Gasteiger partial charge in [-0.3, -0.25) is 19.8 Å². The molecule has 1 aliphatic heterocycles. The van der Waals surface area contributed by atoms with Crippen molar-refractivity contribution in [3.05, 3.63) is 0 Å². The molecule has 1 N–H and O–H groups in total. The second kappa shape index (κ2) is 3.55. The Hall–Kier alpha value is -1.39. The lowest BCUT2D eigenvalue weighted by molar-refractivity contribution is -0.145. The van der Waals surface area contributed by atoms with Crippen LogP contribution in [0.15, 0.2) is 0 Å². The Morgan fingerprint density at radius 3 is 2.35 bits per heavy atom. The van der Waals surface area contributed by atoms with E-state index < -0.39 is 17.4 Å². The van der Waals surface area contributed by atoms with Crippen LogP contribution in [0.3, 0.4) is 0 Å². The van der Waals surface area contributed by atoms with Crippen molar-refractivity contribution in [1.82, 2.24) is 10.2 Å². The molecule has 94 valence electrons. The Bertz CT molecular complexity index is 397. The molecule has 0 aromatic carbocycles. The Morgan fingerprint density at radius 1 is 1.29 bits per heavy atom. The number of barbiturate groups is 1. The number of nitrogens with zero attached hydrogens (tertiary/aromatic N) is 1. The van der Waals surface area contributed by atoms with Gasteiger partial charge in [-0.15, -0.1) is 0 Å². The molecule has 0 radical (unpaired) electrons. The van der Waals surface area contributed by atoms with Crippen molar-refractivity contribution in [2.24, 2.45) is 10.8 Å². The topological polar surface area (TPSA) is 66.5 Å². The number of nitrogens with one attached hydrogen (secondary N) is 1. The first kappa shape index (κ1) is 12.1. The van der Waals surface area contributed by atoms with Gasteiger partial charge in [0.2, 0.25) is 11.8 Å². The minimum Gasteiger partial charge on any atom is -0.277 e. The number of rotatable bonds is 3. The highest BCUT2D eigenvalue weighted by Crippen LogP contribution is 2.49. The first-order valence-electron chi connectivity index (χ1n) is 6.00. The van der Waals surface area contributed by atoms with Gasteiger partial charge in [0.05, 0.1) is 0 Å². The maximum absolute atomic E-state index is 12.2. The largest absolute Gasteiger partial charge is 0.330 e. The van der Waals surface area contributed by atoms with Crippen molar-refractivity contribution in [2.75, 3.05) is 6.54 Å². The Balaban J connectivity index is 2.20. The number of hydrogen-bond acceptors (Lipinski definition) is 3. The van der Waals surface area contributed by atoms with Gasteiger partial charge < -0.3 is 0 Å². The monoisotopic (exact) mass is 238 g/mol. The van der Waals surface area contributed by atoms with E-state index in [1.54, 1.807) is 0 Å². The van der Waals surface area contributed by atoms with Crippen molar-refractivity contribution in [3.8, 4) is 0 Å². The molecule has 4 amide bonds. The zero-order valence-electron chi connectivity index (χ0n) is 10.5. The number of hydrogen-bond donors (Lipinski definition) is 1. The fraction of sp³-hybridized carbons (Fsp3) is 0.750. The standard InChI is InChI=1S/C12H18N2O3/c1-4-11(2,3)7-14-9(16)12(5-6-12)8(15)13-10(14)17/h4-7H2,1-3H3,(H,13,15,17). The van der Waals surface area contributed by atoms with Crippen LogP contribution in [-0.2, 0) is 9.59 Å². The first-order chi connectivity index (χ1) is 7.82. The molecule has 1 saturated heterocycles. The highest BCUT2D eigenvalue weighted by Gasteiger charge is 2.62. The van der Waals surface area contributed by atoms with Gasteiger partial charge in [-0.25, -0.2) is 4.79 Å². The lowest BCUT2D eigenvalue weighted by atomic mass is 9.88. The molecule has 0 bridgehead atoms. The fourth-order valence-corrected chi connectivity index (χ4v) is 1.98. The number of imide groups is 2.